The van der Waals surface area contributed by atoms with Crippen LogP contribution >= 0.6 is 0 Å². The molecule has 0 fully saturated rings. The van der Waals surface area contributed by atoms with Crippen LogP contribution in [-0.4, -0.2) is 18.0 Å². The third-order valence-corrected chi connectivity index (χ3v) is 3.56. The molecule has 0 saturated carbocycles. The van der Waals surface area contributed by atoms with Crippen LogP contribution in [0.15, 0.2) is 47.3 Å². The van der Waals surface area contributed by atoms with Crippen molar-refractivity contribution in [3.8, 4) is 0 Å². The molecule has 2 rings (SSSR count). The lowest BCUT2D eigenvalue weighted by Gasteiger charge is -2.18. The van der Waals surface area contributed by atoms with E-state index in [1.54, 1.807) is 12.5 Å². The van der Waals surface area contributed by atoms with Crippen molar-refractivity contribution in [1.29, 1.82) is 0 Å². The summed E-state index contributed by atoms with van der Waals surface area (Å²) >= 11 is 0. The van der Waals surface area contributed by atoms with Crippen LogP contribution in [0.4, 0.5) is 0 Å². The SMILES string of the molecule is CCN(CC)Cc1ccc(CNCc2ccoc2)cc1. The molecule has 0 saturated heterocycles. The van der Waals surface area contributed by atoms with Gasteiger partial charge in [0.1, 0.15) is 0 Å². The van der Waals surface area contributed by atoms with Crippen LogP contribution in [0.2, 0.25) is 0 Å². The first-order chi connectivity index (χ1) is 9.81. The zero-order valence-electron chi connectivity index (χ0n) is 12.4. The van der Waals surface area contributed by atoms with E-state index in [0.29, 0.717) is 0 Å². The first-order valence-corrected chi connectivity index (χ1v) is 7.33. The van der Waals surface area contributed by atoms with Crippen LogP contribution < -0.4 is 5.32 Å². The van der Waals surface area contributed by atoms with Crippen molar-refractivity contribution in [2.24, 2.45) is 0 Å². The average molecular weight is 272 g/mol. The van der Waals surface area contributed by atoms with Crippen molar-refractivity contribution in [2.75, 3.05) is 13.1 Å². The molecule has 1 aromatic heterocycles. The minimum atomic E-state index is 0.845. The van der Waals surface area contributed by atoms with E-state index >= 15 is 0 Å². The van der Waals surface area contributed by atoms with Crippen molar-refractivity contribution in [3.05, 3.63) is 59.5 Å². The topological polar surface area (TPSA) is 28.4 Å². The fourth-order valence-electron chi connectivity index (χ4n) is 2.21. The molecular formula is C17H24N2O. The number of hydrogen-bond donors (Lipinski definition) is 1. The van der Waals surface area contributed by atoms with Gasteiger partial charge < -0.3 is 9.73 Å². The third-order valence-electron chi connectivity index (χ3n) is 3.56. The molecule has 0 atom stereocenters. The highest BCUT2D eigenvalue weighted by Crippen LogP contribution is 2.08. The van der Waals surface area contributed by atoms with E-state index in [-0.39, 0.29) is 0 Å². The first kappa shape index (κ1) is 14.8. The smallest absolute Gasteiger partial charge is 0.0947 e. The lowest BCUT2D eigenvalue weighted by molar-refractivity contribution is 0.296. The standard InChI is InChI=1S/C17H24N2O/c1-3-19(4-2)13-16-7-5-15(6-8-16)11-18-12-17-9-10-20-14-17/h5-10,14,18H,3-4,11-13H2,1-2H3. The molecule has 0 aliphatic carbocycles. The average Bonchev–Trinajstić information content (AvgIpc) is 2.99. The maximum atomic E-state index is 5.05. The van der Waals surface area contributed by atoms with Crippen LogP contribution in [0.5, 0.6) is 0 Å². The van der Waals surface area contributed by atoms with E-state index < -0.39 is 0 Å². The summed E-state index contributed by atoms with van der Waals surface area (Å²) in [7, 11) is 0. The molecule has 1 aromatic carbocycles. The molecule has 0 bridgehead atoms. The summed E-state index contributed by atoms with van der Waals surface area (Å²) in [6.45, 7) is 9.38. The van der Waals surface area contributed by atoms with Crippen molar-refractivity contribution >= 4 is 0 Å². The molecule has 0 spiro atoms. The summed E-state index contributed by atoms with van der Waals surface area (Å²) in [5, 5.41) is 3.42. The molecule has 2 aromatic rings. The van der Waals surface area contributed by atoms with Crippen LogP contribution in [0, 0.1) is 0 Å². The highest BCUT2D eigenvalue weighted by atomic mass is 16.3. The Kier molecular flexibility index (Phi) is 5.84. The van der Waals surface area contributed by atoms with Gasteiger partial charge in [-0.25, -0.2) is 0 Å². The molecule has 1 heterocycles. The largest absolute Gasteiger partial charge is 0.472 e. The van der Waals surface area contributed by atoms with E-state index in [4.69, 9.17) is 4.42 Å². The number of benzene rings is 1. The molecule has 1 N–H and O–H groups in total. The van der Waals surface area contributed by atoms with E-state index in [0.717, 1.165) is 32.7 Å². The number of rotatable bonds is 8. The Labute approximate surface area is 121 Å². The van der Waals surface area contributed by atoms with Gasteiger partial charge in [-0.2, -0.15) is 0 Å². The van der Waals surface area contributed by atoms with Gasteiger partial charge in [0.25, 0.3) is 0 Å². The second-order valence-electron chi connectivity index (χ2n) is 5.01. The maximum Gasteiger partial charge on any atom is 0.0947 e. The minimum Gasteiger partial charge on any atom is -0.472 e. The zero-order valence-corrected chi connectivity index (χ0v) is 12.4. The maximum absolute atomic E-state index is 5.05. The number of nitrogens with zero attached hydrogens (tertiary/aromatic N) is 1. The molecule has 3 nitrogen and oxygen atoms in total. The van der Waals surface area contributed by atoms with Gasteiger partial charge in [-0.15, -0.1) is 0 Å². The second kappa shape index (κ2) is 7.88. The lowest BCUT2D eigenvalue weighted by Crippen LogP contribution is -2.22. The zero-order chi connectivity index (χ0) is 14.2. The van der Waals surface area contributed by atoms with Crippen LogP contribution in [0.25, 0.3) is 0 Å². The normalized spacial score (nSPS) is 11.2. The summed E-state index contributed by atoms with van der Waals surface area (Å²) < 4.78 is 5.05. The quantitative estimate of drug-likeness (QED) is 0.798. The van der Waals surface area contributed by atoms with Gasteiger partial charge in [0.05, 0.1) is 12.5 Å². The van der Waals surface area contributed by atoms with Gasteiger partial charge in [0.15, 0.2) is 0 Å². The van der Waals surface area contributed by atoms with Crippen molar-refractivity contribution in [2.45, 2.75) is 33.5 Å². The number of furan rings is 1. The minimum absolute atomic E-state index is 0.845. The highest BCUT2D eigenvalue weighted by molar-refractivity contribution is 5.22. The predicted octanol–water partition coefficient (Wildman–Crippen LogP) is 3.41. The van der Waals surface area contributed by atoms with Gasteiger partial charge in [-0.05, 0) is 30.3 Å². The van der Waals surface area contributed by atoms with Gasteiger partial charge in [-0.1, -0.05) is 38.1 Å². The van der Waals surface area contributed by atoms with E-state index in [9.17, 15) is 0 Å². The van der Waals surface area contributed by atoms with Crippen molar-refractivity contribution in [1.82, 2.24) is 10.2 Å². The summed E-state index contributed by atoms with van der Waals surface area (Å²) in [5.74, 6) is 0. The Balaban J connectivity index is 1.79. The number of hydrogen-bond acceptors (Lipinski definition) is 3. The summed E-state index contributed by atoms with van der Waals surface area (Å²) in [5.41, 5.74) is 3.88. The Bertz CT molecular complexity index is 472. The second-order valence-corrected chi connectivity index (χ2v) is 5.01. The Morgan fingerprint density at radius 2 is 1.55 bits per heavy atom. The lowest BCUT2D eigenvalue weighted by atomic mass is 10.1. The van der Waals surface area contributed by atoms with E-state index in [2.05, 4.69) is 48.3 Å². The van der Waals surface area contributed by atoms with E-state index in [1.165, 1.54) is 16.7 Å². The molecule has 108 valence electrons. The van der Waals surface area contributed by atoms with Gasteiger partial charge in [0, 0.05) is 25.2 Å². The van der Waals surface area contributed by atoms with Gasteiger partial charge in [0.2, 0.25) is 0 Å². The summed E-state index contributed by atoms with van der Waals surface area (Å²) in [6.07, 6.45) is 3.49. The predicted molar refractivity (Wildman–Crippen MR) is 82.3 cm³/mol. The van der Waals surface area contributed by atoms with Gasteiger partial charge in [-0.3, -0.25) is 4.90 Å². The summed E-state index contributed by atoms with van der Waals surface area (Å²) in [4.78, 5) is 2.42. The molecular weight excluding hydrogens is 248 g/mol. The van der Waals surface area contributed by atoms with E-state index in [1.807, 2.05) is 6.07 Å². The first-order valence-electron chi connectivity index (χ1n) is 7.33. The number of nitrogens with one attached hydrogen (secondary N) is 1. The Morgan fingerprint density at radius 3 is 2.15 bits per heavy atom. The Hall–Kier alpha value is -1.58. The molecule has 0 amide bonds. The molecule has 0 aliphatic rings. The Morgan fingerprint density at radius 1 is 0.900 bits per heavy atom. The summed E-state index contributed by atoms with van der Waals surface area (Å²) in [6, 6.07) is 10.9. The van der Waals surface area contributed by atoms with Crippen molar-refractivity contribution < 1.29 is 4.42 Å². The van der Waals surface area contributed by atoms with Crippen LogP contribution in [0.3, 0.4) is 0 Å². The van der Waals surface area contributed by atoms with Gasteiger partial charge >= 0.3 is 0 Å². The monoisotopic (exact) mass is 272 g/mol. The fraction of sp³-hybridized carbons (Fsp3) is 0.412. The molecule has 0 unspecified atom stereocenters. The molecule has 0 radical (unpaired) electrons. The van der Waals surface area contributed by atoms with Crippen molar-refractivity contribution in [3.63, 3.8) is 0 Å². The molecule has 20 heavy (non-hydrogen) atoms. The van der Waals surface area contributed by atoms with Crippen LogP contribution in [-0.2, 0) is 19.6 Å². The molecule has 0 aliphatic heterocycles. The highest BCUT2D eigenvalue weighted by Gasteiger charge is 2.01. The molecule has 3 heteroatoms. The van der Waals surface area contributed by atoms with Crippen LogP contribution in [0.1, 0.15) is 30.5 Å². The third kappa shape index (κ3) is 4.51. The fourth-order valence-corrected chi connectivity index (χ4v) is 2.21.